The molecular weight excluding hydrogens is 841 g/mol. The number of rotatable bonds is 48. The molecule has 1 unspecified atom stereocenters. The van der Waals surface area contributed by atoms with Crippen molar-refractivity contribution in [1.82, 2.24) is 0 Å². The van der Waals surface area contributed by atoms with Crippen molar-refractivity contribution in [3.05, 3.63) is 122 Å². The quantitative estimate of drug-likeness (QED) is 0.0199. The predicted molar refractivity (Wildman–Crippen MR) is 293 cm³/mol. The number of ether oxygens (including phenoxy) is 3. The van der Waals surface area contributed by atoms with Gasteiger partial charge in [0.25, 0.3) is 0 Å². The minimum Gasteiger partial charge on any atom is -0.462 e. The lowest BCUT2D eigenvalue weighted by Crippen LogP contribution is -2.30. The molecular formula is C62H100O6. The fourth-order valence-corrected chi connectivity index (χ4v) is 7.20. The van der Waals surface area contributed by atoms with Crippen LogP contribution in [0.4, 0.5) is 0 Å². The third-order valence-corrected chi connectivity index (χ3v) is 11.3. The molecule has 0 aromatic rings. The molecule has 6 nitrogen and oxygen atoms in total. The van der Waals surface area contributed by atoms with Gasteiger partial charge in [0.1, 0.15) is 13.2 Å². The molecule has 0 aliphatic carbocycles. The van der Waals surface area contributed by atoms with E-state index in [9.17, 15) is 14.4 Å². The summed E-state index contributed by atoms with van der Waals surface area (Å²) < 4.78 is 16.8. The van der Waals surface area contributed by atoms with Crippen molar-refractivity contribution in [1.29, 1.82) is 0 Å². The summed E-state index contributed by atoms with van der Waals surface area (Å²) in [7, 11) is 0. The number of carbonyl (C=O) groups is 3. The van der Waals surface area contributed by atoms with Gasteiger partial charge in [0.15, 0.2) is 6.10 Å². The summed E-state index contributed by atoms with van der Waals surface area (Å²) in [5.74, 6) is -0.980. The molecule has 0 saturated heterocycles. The Bertz CT molecular complexity index is 1450. The summed E-state index contributed by atoms with van der Waals surface area (Å²) >= 11 is 0. The van der Waals surface area contributed by atoms with Crippen LogP contribution in [0.3, 0.4) is 0 Å². The lowest BCUT2D eigenvalue weighted by Gasteiger charge is -2.18. The van der Waals surface area contributed by atoms with E-state index in [-0.39, 0.29) is 31.1 Å². The first-order valence-electron chi connectivity index (χ1n) is 27.6. The molecule has 68 heavy (non-hydrogen) atoms. The van der Waals surface area contributed by atoms with Crippen LogP contribution in [0, 0.1) is 0 Å². The Kier molecular flexibility index (Phi) is 52.0. The van der Waals surface area contributed by atoms with Gasteiger partial charge in [-0.2, -0.15) is 0 Å². The zero-order chi connectivity index (χ0) is 49.3. The van der Waals surface area contributed by atoms with Crippen LogP contribution in [0.25, 0.3) is 0 Å². The smallest absolute Gasteiger partial charge is 0.306 e. The second kappa shape index (κ2) is 55.4. The largest absolute Gasteiger partial charge is 0.462 e. The van der Waals surface area contributed by atoms with E-state index in [4.69, 9.17) is 14.2 Å². The van der Waals surface area contributed by atoms with Crippen LogP contribution in [0.15, 0.2) is 122 Å². The van der Waals surface area contributed by atoms with Gasteiger partial charge in [-0.05, 0) is 103 Å². The second-order valence-corrected chi connectivity index (χ2v) is 17.8. The molecule has 0 spiro atoms. The van der Waals surface area contributed by atoms with Gasteiger partial charge in [0, 0.05) is 19.3 Å². The number of unbranched alkanes of at least 4 members (excludes halogenated alkanes) is 21. The van der Waals surface area contributed by atoms with Crippen molar-refractivity contribution in [2.45, 2.75) is 239 Å². The molecule has 0 aromatic heterocycles. The highest BCUT2D eigenvalue weighted by atomic mass is 16.6. The van der Waals surface area contributed by atoms with Crippen molar-refractivity contribution in [3.8, 4) is 0 Å². The van der Waals surface area contributed by atoms with Crippen LogP contribution in [0.1, 0.15) is 233 Å². The van der Waals surface area contributed by atoms with Crippen molar-refractivity contribution >= 4 is 17.9 Å². The van der Waals surface area contributed by atoms with E-state index < -0.39 is 6.10 Å². The van der Waals surface area contributed by atoms with Crippen LogP contribution in [0.5, 0.6) is 0 Å². The number of esters is 3. The zero-order valence-corrected chi connectivity index (χ0v) is 43.8. The summed E-state index contributed by atoms with van der Waals surface area (Å²) in [6.07, 6.45) is 76.1. The fraction of sp³-hybridized carbons (Fsp3) is 0.629. The van der Waals surface area contributed by atoms with Crippen molar-refractivity contribution in [2.75, 3.05) is 13.2 Å². The molecule has 0 heterocycles. The van der Waals surface area contributed by atoms with E-state index >= 15 is 0 Å². The molecule has 0 aliphatic rings. The summed E-state index contributed by atoms with van der Waals surface area (Å²) in [5.41, 5.74) is 0. The minimum atomic E-state index is -0.812. The van der Waals surface area contributed by atoms with Gasteiger partial charge >= 0.3 is 17.9 Å². The first-order valence-corrected chi connectivity index (χ1v) is 27.6. The predicted octanol–water partition coefficient (Wildman–Crippen LogP) is 18.5. The molecule has 0 N–H and O–H groups in total. The molecule has 0 fully saturated rings. The molecule has 1 atom stereocenters. The van der Waals surface area contributed by atoms with Crippen LogP contribution in [-0.4, -0.2) is 37.2 Å². The average Bonchev–Trinajstić information content (AvgIpc) is 3.34. The number of hydrogen-bond acceptors (Lipinski definition) is 6. The van der Waals surface area contributed by atoms with Crippen LogP contribution >= 0.6 is 0 Å². The standard InChI is InChI=1S/C62H100O6/c1-4-7-10-13-16-19-22-25-27-29-31-33-34-37-40-43-46-49-52-55-61(64)67-58-59(57-66-60(63)54-51-48-45-42-39-36-24-21-18-15-12-9-6-3)68-62(65)56-53-50-47-44-41-38-35-32-30-28-26-23-20-17-14-11-8-5-2/h7,9-10,12,15-16,18-19,21,24-25,27-28,30-33,35-36,39,59H,4-6,8,11,13-14,17,20,22-23,26,29,34,37-38,40-58H2,1-3H3/b10-7-,12-9-,18-15-,19-16-,24-21-,27-25-,30-28-,33-31-,35-32-,39-36-. The number of allylic oxidation sites excluding steroid dienone is 20. The van der Waals surface area contributed by atoms with Crippen LogP contribution in [-0.2, 0) is 28.6 Å². The second-order valence-electron chi connectivity index (χ2n) is 17.8. The van der Waals surface area contributed by atoms with Gasteiger partial charge in [-0.1, -0.05) is 232 Å². The Balaban J connectivity index is 4.49. The van der Waals surface area contributed by atoms with Gasteiger partial charge in [0.05, 0.1) is 0 Å². The summed E-state index contributed by atoms with van der Waals surface area (Å²) in [6.45, 7) is 6.31. The summed E-state index contributed by atoms with van der Waals surface area (Å²) in [4.78, 5) is 38.1. The normalized spacial score (nSPS) is 13.0. The van der Waals surface area contributed by atoms with Crippen molar-refractivity contribution < 1.29 is 28.6 Å². The zero-order valence-electron chi connectivity index (χ0n) is 43.8. The highest BCUT2D eigenvalue weighted by Crippen LogP contribution is 2.13. The molecule has 6 heteroatoms. The van der Waals surface area contributed by atoms with E-state index in [0.29, 0.717) is 19.3 Å². The van der Waals surface area contributed by atoms with Gasteiger partial charge in [-0.25, -0.2) is 0 Å². The maximum absolute atomic E-state index is 12.8. The minimum absolute atomic E-state index is 0.108. The molecule has 0 aromatic carbocycles. The monoisotopic (exact) mass is 941 g/mol. The summed E-state index contributed by atoms with van der Waals surface area (Å²) in [6, 6.07) is 0. The Hall–Kier alpha value is -4.19. The molecule has 0 amide bonds. The summed E-state index contributed by atoms with van der Waals surface area (Å²) in [5, 5.41) is 0. The molecule has 0 radical (unpaired) electrons. The Labute approximate surface area is 418 Å². The van der Waals surface area contributed by atoms with Crippen molar-refractivity contribution in [2.24, 2.45) is 0 Å². The fourth-order valence-electron chi connectivity index (χ4n) is 7.20. The van der Waals surface area contributed by atoms with Crippen molar-refractivity contribution in [3.63, 3.8) is 0 Å². The number of hydrogen-bond donors (Lipinski definition) is 0. The molecule has 384 valence electrons. The van der Waals surface area contributed by atoms with Crippen LogP contribution < -0.4 is 0 Å². The van der Waals surface area contributed by atoms with E-state index in [1.54, 1.807) is 0 Å². The Morgan fingerprint density at radius 1 is 0.324 bits per heavy atom. The topological polar surface area (TPSA) is 78.9 Å². The molecule has 0 saturated carbocycles. The van der Waals surface area contributed by atoms with E-state index in [1.165, 1.54) is 64.2 Å². The molecule has 0 bridgehead atoms. The first-order chi connectivity index (χ1) is 33.5. The Morgan fingerprint density at radius 3 is 1.10 bits per heavy atom. The maximum atomic E-state index is 12.8. The van der Waals surface area contributed by atoms with E-state index in [2.05, 4.69) is 106 Å². The highest BCUT2D eigenvalue weighted by molar-refractivity contribution is 5.71. The van der Waals surface area contributed by atoms with Gasteiger partial charge in [0.2, 0.25) is 0 Å². The lowest BCUT2D eigenvalue weighted by molar-refractivity contribution is -0.167. The third kappa shape index (κ3) is 52.8. The highest BCUT2D eigenvalue weighted by Gasteiger charge is 2.19. The maximum Gasteiger partial charge on any atom is 0.306 e. The van der Waals surface area contributed by atoms with Gasteiger partial charge in [-0.3, -0.25) is 14.4 Å². The van der Waals surface area contributed by atoms with Gasteiger partial charge in [-0.15, -0.1) is 0 Å². The Morgan fingerprint density at radius 2 is 0.647 bits per heavy atom. The van der Waals surface area contributed by atoms with E-state index in [1.807, 2.05) is 36.5 Å². The molecule has 0 aliphatic heterocycles. The first kappa shape index (κ1) is 63.8. The third-order valence-electron chi connectivity index (χ3n) is 11.3. The number of carbonyl (C=O) groups excluding carboxylic acids is 3. The lowest BCUT2D eigenvalue weighted by atomic mass is 10.1. The van der Waals surface area contributed by atoms with Gasteiger partial charge < -0.3 is 14.2 Å². The SMILES string of the molecule is CC\C=C/C=C\C=C/C=C\CCCCCC(=O)OCC(COC(=O)CCCCCCCC/C=C\C/C=C\C/C=C\C/C=C\CC)OC(=O)CCCCCCC/C=C\C=C/CCCCCCCCC. The molecule has 0 rings (SSSR count). The van der Waals surface area contributed by atoms with Crippen LogP contribution in [0.2, 0.25) is 0 Å². The van der Waals surface area contributed by atoms with E-state index in [0.717, 1.165) is 128 Å². The average molecular weight is 941 g/mol.